The Morgan fingerprint density at radius 2 is 1.91 bits per heavy atom. The fourth-order valence-electron chi connectivity index (χ4n) is 3.74. The maximum atomic E-state index is 13.1. The second-order valence-electron chi connectivity index (χ2n) is 8.62. The number of halogens is 1. The molecule has 1 atom stereocenters. The standard InChI is InChI=1S/C23H26N4O4.ClH/c1-22(2,3)31-19(29)12-23(10-11-27(14-28)21(23)30)17-7-4-15(5-8-17)18-9-6-16(13-26-18)20(24)25;/h4-9,13-14H,10-12H2,1-3H3,(H3,24,25);1H. The fraction of sp³-hybridized carbons (Fsp3) is 0.348. The number of carbonyl (C=O) groups excluding carboxylic acids is 3. The summed E-state index contributed by atoms with van der Waals surface area (Å²) in [5.74, 6) is -0.942. The highest BCUT2D eigenvalue weighted by Gasteiger charge is 2.50. The van der Waals surface area contributed by atoms with Crippen LogP contribution in [0, 0.1) is 5.41 Å². The van der Waals surface area contributed by atoms with Gasteiger partial charge < -0.3 is 10.5 Å². The SMILES string of the molecule is CC(C)(C)OC(=O)CC1(c2ccc(-c3ccc(C(=N)N)cn3)cc2)CCN(C=O)C1=O.Cl. The molecule has 1 aromatic carbocycles. The quantitative estimate of drug-likeness (QED) is 0.296. The van der Waals surface area contributed by atoms with Crippen LogP contribution in [0.3, 0.4) is 0 Å². The predicted octanol–water partition coefficient (Wildman–Crippen LogP) is 2.81. The van der Waals surface area contributed by atoms with E-state index in [1.165, 1.54) is 6.20 Å². The molecule has 0 spiro atoms. The minimum absolute atomic E-state index is 0. The molecule has 2 amide bonds. The first-order valence-electron chi connectivity index (χ1n) is 9.95. The number of pyridine rings is 1. The summed E-state index contributed by atoms with van der Waals surface area (Å²) in [5, 5.41) is 7.46. The van der Waals surface area contributed by atoms with Gasteiger partial charge in [-0.2, -0.15) is 0 Å². The first kappa shape index (κ1) is 25.0. The lowest BCUT2D eigenvalue weighted by atomic mass is 9.76. The van der Waals surface area contributed by atoms with E-state index in [4.69, 9.17) is 15.9 Å². The van der Waals surface area contributed by atoms with Gasteiger partial charge in [-0.05, 0) is 44.9 Å². The van der Waals surface area contributed by atoms with Crippen molar-refractivity contribution in [1.29, 1.82) is 5.41 Å². The molecule has 170 valence electrons. The van der Waals surface area contributed by atoms with E-state index in [0.717, 1.165) is 10.5 Å². The first-order valence-corrected chi connectivity index (χ1v) is 9.95. The van der Waals surface area contributed by atoms with Crippen molar-refractivity contribution in [3.63, 3.8) is 0 Å². The Bertz CT molecular complexity index is 1020. The molecule has 1 aliphatic rings. The Hall–Kier alpha value is -3.26. The van der Waals surface area contributed by atoms with Gasteiger partial charge in [0, 0.05) is 23.9 Å². The van der Waals surface area contributed by atoms with E-state index in [0.29, 0.717) is 29.7 Å². The molecular formula is C23H27ClN4O4. The van der Waals surface area contributed by atoms with E-state index in [9.17, 15) is 14.4 Å². The summed E-state index contributed by atoms with van der Waals surface area (Å²) in [6.07, 6.45) is 2.24. The molecule has 1 fully saturated rings. The van der Waals surface area contributed by atoms with Crippen LogP contribution in [0.1, 0.15) is 44.7 Å². The van der Waals surface area contributed by atoms with E-state index >= 15 is 0 Å². The Balaban J connectivity index is 0.00000363. The number of likely N-dealkylation sites (tertiary alicyclic amines) is 1. The smallest absolute Gasteiger partial charge is 0.307 e. The molecule has 1 aliphatic heterocycles. The molecule has 3 rings (SSSR count). The second kappa shape index (κ2) is 9.48. The number of esters is 1. The number of nitrogens with zero attached hydrogens (tertiary/aromatic N) is 2. The van der Waals surface area contributed by atoms with Crippen LogP contribution in [0.4, 0.5) is 0 Å². The zero-order chi connectivity index (χ0) is 22.8. The second-order valence-corrected chi connectivity index (χ2v) is 8.62. The van der Waals surface area contributed by atoms with Crippen LogP contribution in [0.15, 0.2) is 42.6 Å². The fourth-order valence-corrected chi connectivity index (χ4v) is 3.74. The Kier molecular flexibility index (Phi) is 7.41. The highest BCUT2D eigenvalue weighted by molar-refractivity contribution is 5.99. The monoisotopic (exact) mass is 458 g/mol. The van der Waals surface area contributed by atoms with Gasteiger partial charge in [-0.3, -0.25) is 29.7 Å². The van der Waals surface area contributed by atoms with Crippen LogP contribution in [-0.4, -0.2) is 46.2 Å². The van der Waals surface area contributed by atoms with Crippen LogP contribution in [0.5, 0.6) is 0 Å². The number of hydrogen-bond acceptors (Lipinski definition) is 6. The average Bonchev–Trinajstić information content (AvgIpc) is 3.03. The van der Waals surface area contributed by atoms with Crippen molar-refractivity contribution >= 4 is 36.5 Å². The van der Waals surface area contributed by atoms with Gasteiger partial charge in [0.1, 0.15) is 11.4 Å². The number of nitrogens with two attached hydrogens (primary N) is 1. The largest absolute Gasteiger partial charge is 0.460 e. The van der Waals surface area contributed by atoms with Gasteiger partial charge >= 0.3 is 5.97 Å². The summed E-state index contributed by atoms with van der Waals surface area (Å²) in [4.78, 5) is 42.4. The summed E-state index contributed by atoms with van der Waals surface area (Å²) in [5.41, 5.74) is 6.32. The minimum Gasteiger partial charge on any atom is -0.460 e. The van der Waals surface area contributed by atoms with Crippen LogP contribution >= 0.6 is 12.4 Å². The average molecular weight is 459 g/mol. The molecule has 2 aromatic rings. The zero-order valence-corrected chi connectivity index (χ0v) is 19.1. The highest BCUT2D eigenvalue weighted by atomic mass is 35.5. The number of carbonyl (C=O) groups is 3. The number of ether oxygens (including phenoxy) is 1. The van der Waals surface area contributed by atoms with E-state index in [1.807, 2.05) is 12.1 Å². The van der Waals surface area contributed by atoms with Gasteiger partial charge in [-0.15, -0.1) is 12.4 Å². The van der Waals surface area contributed by atoms with Crippen molar-refractivity contribution in [1.82, 2.24) is 9.88 Å². The van der Waals surface area contributed by atoms with Crippen LogP contribution in [0.2, 0.25) is 0 Å². The maximum Gasteiger partial charge on any atom is 0.307 e. The molecule has 9 heteroatoms. The molecule has 3 N–H and O–H groups in total. The number of nitrogen functional groups attached to an aromatic ring is 1. The maximum absolute atomic E-state index is 13.1. The minimum atomic E-state index is -1.15. The molecule has 1 saturated heterocycles. The van der Waals surface area contributed by atoms with Crippen molar-refractivity contribution in [3.05, 3.63) is 53.7 Å². The molecule has 32 heavy (non-hydrogen) atoms. The third-order valence-electron chi connectivity index (χ3n) is 5.25. The highest BCUT2D eigenvalue weighted by Crippen LogP contribution is 2.40. The third-order valence-corrected chi connectivity index (χ3v) is 5.25. The van der Waals surface area contributed by atoms with Crippen molar-refractivity contribution in [3.8, 4) is 11.3 Å². The molecule has 0 radical (unpaired) electrons. The predicted molar refractivity (Wildman–Crippen MR) is 122 cm³/mol. The number of amides is 2. The van der Waals surface area contributed by atoms with Crippen LogP contribution in [0.25, 0.3) is 11.3 Å². The van der Waals surface area contributed by atoms with Gasteiger partial charge in [0.2, 0.25) is 12.3 Å². The normalized spacial score (nSPS) is 18.1. The van der Waals surface area contributed by atoms with Gasteiger partial charge in [-0.1, -0.05) is 24.3 Å². The zero-order valence-electron chi connectivity index (χ0n) is 18.3. The summed E-state index contributed by atoms with van der Waals surface area (Å²) >= 11 is 0. The van der Waals surface area contributed by atoms with E-state index in [1.54, 1.807) is 45.0 Å². The van der Waals surface area contributed by atoms with Gasteiger partial charge in [0.25, 0.3) is 0 Å². The van der Waals surface area contributed by atoms with E-state index in [-0.39, 0.29) is 31.2 Å². The number of benzene rings is 1. The molecule has 1 aromatic heterocycles. The lowest BCUT2D eigenvalue weighted by Gasteiger charge is -2.29. The Labute approximate surface area is 193 Å². The lowest BCUT2D eigenvalue weighted by Crippen LogP contribution is -2.40. The number of amidine groups is 1. The Morgan fingerprint density at radius 1 is 1.25 bits per heavy atom. The number of rotatable bonds is 6. The van der Waals surface area contributed by atoms with Crippen LogP contribution in [-0.2, 0) is 24.5 Å². The molecule has 2 heterocycles. The number of nitrogens with one attached hydrogen (secondary N) is 1. The number of aromatic nitrogens is 1. The molecule has 0 bridgehead atoms. The summed E-state index contributed by atoms with van der Waals surface area (Å²) < 4.78 is 5.45. The Morgan fingerprint density at radius 3 is 2.38 bits per heavy atom. The van der Waals surface area contributed by atoms with Crippen molar-refractivity contribution in [2.24, 2.45) is 5.73 Å². The molecule has 8 nitrogen and oxygen atoms in total. The van der Waals surface area contributed by atoms with Crippen molar-refractivity contribution in [2.45, 2.75) is 44.6 Å². The van der Waals surface area contributed by atoms with E-state index in [2.05, 4.69) is 4.98 Å². The van der Waals surface area contributed by atoms with Gasteiger partial charge in [0.15, 0.2) is 0 Å². The summed E-state index contributed by atoms with van der Waals surface area (Å²) in [7, 11) is 0. The number of hydrogen-bond donors (Lipinski definition) is 2. The van der Waals surface area contributed by atoms with Crippen LogP contribution < -0.4 is 5.73 Å². The van der Waals surface area contributed by atoms with Gasteiger partial charge in [0.05, 0.1) is 17.5 Å². The summed E-state index contributed by atoms with van der Waals surface area (Å²) in [6.45, 7) is 5.56. The molecule has 0 saturated carbocycles. The third kappa shape index (κ3) is 5.13. The van der Waals surface area contributed by atoms with Crippen molar-refractivity contribution < 1.29 is 19.1 Å². The van der Waals surface area contributed by atoms with Crippen molar-refractivity contribution in [2.75, 3.05) is 6.54 Å². The molecule has 1 unspecified atom stereocenters. The molecule has 0 aliphatic carbocycles. The topological polar surface area (TPSA) is 126 Å². The lowest BCUT2D eigenvalue weighted by molar-refractivity contribution is -0.158. The summed E-state index contributed by atoms with van der Waals surface area (Å²) in [6, 6.07) is 10.7. The van der Waals surface area contributed by atoms with Gasteiger partial charge in [-0.25, -0.2) is 0 Å². The first-order chi connectivity index (χ1) is 14.6. The number of imide groups is 1. The van der Waals surface area contributed by atoms with E-state index < -0.39 is 22.9 Å². The molecular weight excluding hydrogens is 432 g/mol.